The maximum atomic E-state index is 14.6. The van der Waals surface area contributed by atoms with Gasteiger partial charge in [0, 0.05) is 11.0 Å². The maximum Gasteiger partial charge on any atom is 0.127 e. The topological polar surface area (TPSA) is 0 Å². The van der Waals surface area contributed by atoms with E-state index in [0.29, 0.717) is 0 Å². The van der Waals surface area contributed by atoms with Gasteiger partial charge in [0.1, 0.15) is 5.82 Å². The van der Waals surface area contributed by atoms with Crippen molar-refractivity contribution in [2.75, 3.05) is 0 Å². The molecule has 0 atom stereocenters. The Bertz CT molecular complexity index is 779. The minimum atomic E-state index is -0.301. The van der Waals surface area contributed by atoms with E-state index in [0.717, 1.165) is 23.1 Å². The van der Waals surface area contributed by atoms with Crippen molar-refractivity contribution in [3.63, 3.8) is 0 Å². The van der Waals surface area contributed by atoms with E-state index in [-0.39, 0.29) is 11.2 Å². The Kier molecular flexibility index (Phi) is 3.47. The van der Waals surface area contributed by atoms with Crippen LogP contribution in [0.25, 0.3) is 6.08 Å². The third-order valence-corrected chi connectivity index (χ3v) is 4.89. The van der Waals surface area contributed by atoms with Crippen LogP contribution in [0.3, 0.4) is 0 Å². The molecule has 0 N–H and O–H groups in total. The van der Waals surface area contributed by atoms with Crippen LogP contribution in [0.1, 0.15) is 59.7 Å². The van der Waals surface area contributed by atoms with Gasteiger partial charge >= 0.3 is 0 Å². The summed E-state index contributed by atoms with van der Waals surface area (Å²) in [6.07, 6.45) is 5.08. The fraction of sp³-hybridized carbons (Fsp3) is 0.333. The lowest BCUT2D eigenvalue weighted by Gasteiger charge is -2.37. The van der Waals surface area contributed by atoms with Gasteiger partial charge in [0.25, 0.3) is 0 Å². The van der Waals surface area contributed by atoms with E-state index in [2.05, 4.69) is 51.1 Å². The predicted octanol–water partition coefficient (Wildman–Crippen LogP) is 5.71. The van der Waals surface area contributed by atoms with Crippen LogP contribution in [-0.2, 0) is 11.8 Å². The van der Waals surface area contributed by atoms with E-state index in [1.54, 1.807) is 6.07 Å². The number of halogens is 1. The highest BCUT2D eigenvalue weighted by molar-refractivity contribution is 5.65. The second-order valence-electron chi connectivity index (χ2n) is 6.90. The van der Waals surface area contributed by atoms with E-state index < -0.39 is 0 Å². The molecule has 0 fully saturated rings. The number of hydrogen-bond donors (Lipinski definition) is 0. The van der Waals surface area contributed by atoms with Gasteiger partial charge in [-0.1, -0.05) is 44.2 Å². The summed E-state index contributed by atoms with van der Waals surface area (Å²) in [4.78, 5) is 0. The van der Waals surface area contributed by atoms with Gasteiger partial charge in [0.15, 0.2) is 0 Å². The lowest BCUT2D eigenvalue weighted by Crippen LogP contribution is -2.29. The highest BCUT2D eigenvalue weighted by Gasteiger charge is 2.36. The van der Waals surface area contributed by atoms with Gasteiger partial charge in [-0.2, -0.15) is 0 Å². The predicted molar refractivity (Wildman–Crippen MR) is 92.0 cm³/mol. The zero-order valence-electron chi connectivity index (χ0n) is 14.0. The molecule has 1 heteroatoms. The van der Waals surface area contributed by atoms with Gasteiger partial charge in [-0.15, -0.1) is 0 Å². The van der Waals surface area contributed by atoms with Gasteiger partial charge in [0.05, 0.1) is 0 Å². The molecule has 0 radical (unpaired) electrons. The van der Waals surface area contributed by atoms with Crippen LogP contribution in [-0.4, -0.2) is 0 Å². The van der Waals surface area contributed by atoms with Crippen molar-refractivity contribution >= 4 is 6.08 Å². The highest BCUT2D eigenvalue weighted by atomic mass is 19.1. The summed E-state index contributed by atoms with van der Waals surface area (Å²) >= 11 is 0. The van der Waals surface area contributed by atoms with E-state index >= 15 is 0 Å². The lowest BCUT2D eigenvalue weighted by atomic mass is 9.67. The molecular formula is C21H23F. The number of fused-ring (bicyclic) bond motifs is 2. The number of aryl methyl sites for hydroxylation is 2. The Labute approximate surface area is 132 Å². The third kappa shape index (κ3) is 2.11. The summed E-state index contributed by atoms with van der Waals surface area (Å²) in [6.45, 7) is 10.4. The fourth-order valence-corrected chi connectivity index (χ4v) is 3.94. The Balaban J connectivity index is 2.34. The quantitative estimate of drug-likeness (QED) is 0.632. The van der Waals surface area contributed by atoms with Gasteiger partial charge < -0.3 is 0 Å². The smallest absolute Gasteiger partial charge is 0.127 e. The molecule has 114 valence electrons. The molecule has 2 aromatic rings. The first-order chi connectivity index (χ1) is 10.4. The van der Waals surface area contributed by atoms with Crippen LogP contribution in [0, 0.1) is 19.7 Å². The highest BCUT2D eigenvalue weighted by Crippen LogP contribution is 2.44. The maximum absolute atomic E-state index is 14.6. The van der Waals surface area contributed by atoms with Crippen LogP contribution < -0.4 is 0 Å². The van der Waals surface area contributed by atoms with Gasteiger partial charge in [0.2, 0.25) is 0 Å². The molecular weight excluding hydrogens is 271 g/mol. The fourth-order valence-electron chi connectivity index (χ4n) is 3.94. The normalized spacial score (nSPS) is 15.7. The molecule has 0 aromatic heterocycles. The van der Waals surface area contributed by atoms with Crippen LogP contribution in [0.2, 0.25) is 0 Å². The first-order valence-electron chi connectivity index (χ1n) is 7.91. The van der Waals surface area contributed by atoms with Crippen LogP contribution in [0.5, 0.6) is 0 Å². The minimum Gasteiger partial charge on any atom is -0.207 e. The summed E-state index contributed by atoms with van der Waals surface area (Å²) < 4.78 is 14.6. The Morgan fingerprint density at radius 2 is 1.86 bits per heavy atom. The van der Waals surface area contributed by atoms with Crippen LogP contribution in [0.15, 0.2) is 30.3 Å². The third-order valence-electron chi connectivity index (χ3n) is 4.89. The second kappa shape index (κ2) is 5.08. The average Bonchev–Trinajstić information content (AvgIpc) is 2.40. The molecule has 0 heterocycles. The van der Waals surface area contributed by atoms with E-state index in [1.807, 2.05) is 13.8 Å². The van der Waals surface area contributed by atoms with Crippen molar-refractivity contribution in [3.05, 3.63) is 75.1 Å². The monoisotopic (exact) mass is 294 g/mol. The van der Waals surface area contributed by atoms with E-state index in [1.165, 1.54) is 22.3 Å². The van der Waals surface area contributed by atoms with Crippen molar-refractivity contribution in [1.29, 1.82) is 0 Å². The van der Waals surface area contributed by atoms with E-state index in [9.17, 15) is 4.39 Å². The van der Waals surface area contributed by atoms with E-state index in [4.69, 9.17) is 0 Å². The molecule has 0 saturated heterocycles. The summed E-state index contributed by atoms with van der Waals surface area (Å²) in [5.74, 6) is -0.0705. The molecule has 0 aliphatic heterocycles. The summed E-state index contributed by atoms with van der Waals surface area (Å²) in [6, 6.07) is 8.14. The molecule has 0 saturated carbocycles. The molecule has 1 aliphatic rings. The zero-order chi connectivity index (χ0) is 16.1. The van der Waals surface area contributed by atoms with Crippen LogP contribution in [0.4, 0.5) is 4.39 Å². The molecule has 0 bridgehead atoms. The molecule has 2 aromatic carbocycles. The Hall–Kier alpha value is -1.89. The van der Waals surface area contributed by atoms with Crippen molar-refractivity contribution < 1.29 is 4.39 Å². The Morgan fingerprint density at radius 3 is 2.55 bits per heavy atom. The largest absolute Gasteiger partial charge is 0.207 e. The van der Waals surface area contributed by atoms with Crippen molar-refractivity contribution in [2.45, 2.75) is 46.5 Å². The SMILES string of the molecule is C/C=C\c1c(C)ccc2c1Cc1cc(C)cc(F)c1C2(C)C. The molecule has 0 unspecified atom stereocenters. The zero-order valence-corrected chi connectivity index (χ0v) is 14.0. The lowest BCUT2D eigenvalue weighted by molar-refractivity contribution is 0.530. The van der Waals surface area contributed by atoms with Gasteiger partial charge in [-0.25, -0.2) is 4.39 Å². The van der Waals surface area contributed by atoms with Gasteiger partial charge in [-0.05, 0) is 66.6 Å². The molecule has 0 spiro atoms. The standard InChI is InChI=1S/C21H23F/c1-6-7-16-14(3)8-9-18-17(16)12-15-10-13(2)11-19(22)20(15)21(18,4)5/h6-11H,12H2,1-5H3/b7-6-. The molecule has 0 nitrogen and oxygen atoms in total. The summed E-state index contributed by atoms with van der Waals surface area (Å²) in [5.41, 5.74) is 7.86. The van der Waals surface area contributed by atoms with Crippen molar-refractivity contribution in [1.82, 2.24) is 0 Å². The first-order valence-corrected chi connectivity index (χ1v) is 7.91. The minimum absolute atomic E-state index is 0.0705. The Morgan fingerprint density at radius 1 is 1.14 bits per heavy atom. The number of hydrogen-bond acceptors (Lipinski definition) is 0. The molecule has 3 rings (SSSR count). The average molecular weight is 294 g/mol. The van der Waals surface area contributed by atoms with Crippen molar-refractivity contribution in [2.24, 2.45) is 0 Å². The van der Waals surface area contributed by atoms with Crippen molar-refractivity contribution in [3.8, 4) is 0 Å². The summed E-state index contributed by atoms with van der Waals surface area (Å²) in [7, 11) is 0. The second-order valence-corrected chi connectivity index (χ2v) is 6.90. The molecule has 0 amide bonds. The summed E-state index contributed by atoms with van der Waals surface area (Å²) in [5, 5.41) is 0. The van der Waals surface area contributed by atoms with Gasteiger partial charge in [-0.3, -0.25) is 0 Å². The first kappa shape index (κ1) is 15.0. The number of benzene rings is 2. The molecule has 1 aliphatic carbocycles. The number of rotatable bonds is 1. The molecule has 22 heavy (non-hydrogen) atoms. The van der Waals surface area contributed by atoms with Crippen LogP contribution >= 0.6 is 0 Å². The number of allylic oxidation sites excluding steroid dienone is 1.